The molecule has 114 valence electrons. The third kappa shape index (κ3) is 3.66. The van der Waals surface area contributed by atoms with E-state index in [1.54, 1.807) is 24.6 Å². The molecule has 22 heavy (non-hydrogen) atoms. The van der Waals surface area contributed by atoms with E-state index in [9.17, 15) is 0 Å². The summed E-state index contributed by atoms with van der Waals surface area (Å²) in [6, 6.07) is 7.97. The van der Waals surface area contributed by atoms with Crippen molar-refractivity contribution < 1.29 is 4.74 Å². The first-order chi connectivity index (χ1) is 10.7. The van der Waals surface area contributed by atoms with Gasteiger partial charge in [0.25, 0.3) is 0 Å². The van der Waals surface area contributed by atoms with Crippen molar-refractivity contribution >= 4 is 32.4 Å². The molecule has 0 unspecified atom stereocenters. The Morgan fingerprint density at radius 3 is 2.95 bits per heavy atom. The summed E-state index contributed by atoms with van der Waals surface area (Å²) in [5, 5.41) is 8.48. The van der Waals surface area contributed by atoms with E-state index >= 15 is 0 Å². The van der Waals surface area contributed by atoms with Gasteiger partial charge in [-0.25, -0.2) is 4.98 Å². The molecule has 0 radical (unpaired) electrons. The molecule has 0 aliphatic carbocycles. The summed E-state index contributed by atoms with van der Waals surface area (Å²) in [4.78, 5) is 5.55. The number of halogens is 1. The lowest BCUT2D eigenvalue weighted by Crippen LogP contribution is -2.00. The number of rotatable bonds is 6. The van der Waals surface area contributed by atoms with Crippen molar-refractivity contribution in [2.24, 2.45) is 0 Å². The third-order valence-electron chi connectivity index (χ3n) is 3.10. The Kier molecular flexibility index (Phi) is 4.74. The third-order valence-corrected chi connectivity index (χ3v) is 4.45. The molecule has 3 rings (SSSR count). The number of aromatic nitrogens is 3. The predicted molar refractivity (Wildman–Crippen MR) is 91.5 cm³/mol. The lowest BCUT2D eigenvalue weighted by atomic mass is 10.2. The second kappa shape index (κ2) is 6.93. The predicted octanol–water partition coefficient (Wildman–Crippen LogP) is 3.77. The number of para-hydroxylation sites is 1. The molecule has 0 aliphatic rings. The van der Waals surface area contributed by atoms with E-state index in [1.807, 2.05) is 41.3 Å². The van der Waals surface area contributed by atoms with Crippen LogP contribution in [0.4, 0.5) is 5.13 Å². The molecule has 1 N–H and O–H groups in total. The molecule has 5 nitrogen and oxygen atoms in total. The van der Waals surface area contributed by atoms with E-state index in [1.165, 1.54) is 0 Å². The van der Waals surface area contributed by atoms with Crippen LogP contribution in [0.5, 0.6) is 5.75 Å². The Morgan fingerprint density at radius 1 is 1.32 bits per heavy atom. The van der Waals surface area contributed by atoms with Crippen LogP contribution in [0.15, 0.2) is 47.3 Å². The molecular formula is C15H15BrN4OS. The Balaban J connectivity index is 1.62. The fourth-order valence-corrected chi connectivity index (χ4v) is 3.19. The van der Waals surface area contributed by atoms with Gasteiger partial charge in [-0.05, 0) is 22.0 Å². The highest BCUT2D eigenvalue weighted by Gasteiger charge is 2.06. The first-order valence-electron chi connectivity index (χ1n) is 6.73. The molecule has 0 saturated carbocycles. The minimum absolute atomic E-state index is 0.685. The zero-order valence-corrected chi connectivity index (χ0v) is 14.4. The number of nitrogens with zero attached hydrogens (tertiary/aromatic N) is 3. The van der Waals surface area contributed by atoms with Gasteiger partial charge in [-0.1, -0.05) is 18.2 Å². The van der Waals surface area contributed by atoms with Crippen molar-refractivity contribution in [3.8, 4) is 5.75 Å². The van der Waals surface area contributed by atoms with E-state index in [0.29, 0.717) is 6.54 Å². The van der Waals surface area contributed by atoms with E-state index in [-0.39, 0.29) is 0 Å². The summed E-state index contributed by atoms with van der Waals surface area (Å²) in [7, 11) is 1.68. The maximum absolute atomic E-state index is 5.35. The minimum atomic E-state index is 0.685. The van der Waals surface area contributed by atoms with Gasteiger partial charge in [-0.2, -0.15) is 5.10 Å². The summed E-state index contributed by atoms with van der Waals surface area (Å²) in [5.41, 5.74) is 1.11. The van der Waals surface area contributed by atoms with Crippen LogP contribution in [0.25, 0.3) is 0 Å². The summed E-state index contributed by atoms with van der Waals surface area (Å²) in [6.07, 6.45) is 5.61. The number of nitrogens with one attached hydrogen (secondary N) is 1. The average Bonchev–Trinajstić information content (AvgIpc) is 3.15. The lowest BCUT2D eigenvalue weighted by Gasteiger charge is -2.08. The standard InChI is InChI=1S/C15H15BrN4OS/c1-21-14-5-3-2-4-11(14)6-17-15-18-8-13(22-15)10-20-9-12(16)7-19-20/h2-5,7-9H,6,10H2,1H3,(H,17,18). The highest BCUT2D eigenvalue weighted by molar-refractivity contribution is 9.10. The van der Waals surface area contributed by atoms with E-state index in [4.69, 9.17) is 4.74 Å². The van der Waals surface area contributed by atoms with Crippen LogP contribution in [0, 0.1) is 0 Å². The van der Waals surface area contributed by atoms with Crippen molar-refractivity contribution in [1.82, 2.24) is 14.8 Å². The molecule has 0 atom stereocenters. The summed E-state index contributed by atoms with van der Waals surface area (Å²) in [5.74, 6) is 0.883. The van der Waals surface area contributed by atoms with Crippen LogP contribution < -0.4 is 10.1 Å². The monoisotopic (exact) mass is 378 g/mol. The largest absolute Gasteiger partial charge is 0.496 e. The van der Waals surface area contributed by atoms with Crippen molar-refractivity contribution in [1.29, 1.82) is 0 Å². The molecule has 0 aliphatic heterocycles. The summed E-state index contributed by atoms with van der Waals surface area (Å²) >= 11 is 5.03. The van der Waals surface area contributed by atoms with Gasteiger partial charge in [0.1, 0.15) is 5.75 Å². The SMILES string of the molecule is COc1ccccc1CNc1ncc(Cn2cc(Br)cn2)s1. The van der Waals surface area contributed by atoms with Gasteiger partial charge >= 0.3 is 0 Å². The van der Waals surface area contributed by atoms with Crippen molar-refractivity contribution in [3.63, 3.8) is 0 Å². The second-order valence-corrected chi connectivity index (χ2v) is 6.68. The fourth-order valence-electron chi connectivity index (χ4n) is 2.07. The fraction of sp³-hybridized carbons (Fsp3) is 0.200. The number of anilines is 1. The molecule has 0 amide bonds. The first-order valence-corrected chi connectivity index (χ1v) is 8.34. The highest BCUT2D eigenvalue weighted by atomic mass is 79.9. The summed E-state index contributed by atoms with van der Waals surface area (Å²) in [6.45, 7) is 1.41. The average molecular weight is 379 g/mol. The molecule has 3 aromatic rings. The molecule has 0 spiro atoms. The summed E-state index contributed by atoms with van der Waals surface area (Å²) < 4.78 is 8.20. The number of hydrogen-bond donors (Lipinski definition) is 1. The van der Waals surface area contributed by atoms with Gasteiger partial charge in [-0.15, -0.1) is 11.3 Å². The molecule has 1 aromatic carbocycles. The van der Waals surface area contributed by atoms with Crippen LogP contribution in [-0.2, 0) is 13.1 Å². The number of hydrogen-bond acceptors (Lipinski definition) is 5. The molecule has 2 heterocycles. The Hall–Kier alpha value is -1.86. The molecular weight excluding hydrogens is 364 g/mol. The molecule has 0 bridgehead atoms. The topological polar surface area (TPSA) is 52.0 Å². The number of thiazole rings is 1. The number of benzene rings is 1. The normalized spacial score (nSPS) is 10.6. The van der Waals surface area contributed by atoms with Crippen LogP contribution in [0.1, 0.15) is 10.4 Å². The number of methoxy groups -OCH3 is 1. The van der Waals surface area contributed by atoms with Crippen LogP contribution in [-0.4, -0.2) is 21.9 Å². The van der Waals surface area contributed by atoms with Gasteiger partial charge in [0.05, 0.1) is 24.3 Å². The highest BCUT2D eigenvalue weighted by Crippen LogP contribution is 2.22. The van der Waals surface area contributed by atoms with Crippen LogP contribution in [0.2, 0.25) is 0 Å². The van der Waals surface area contributed by atoms with Gasteiger partial charge in [0.15, 0.2) is 5.13 Å². The smallest absolute Gasteiger partial charge is 0.183 e. The zero-order valence-electron chi connectivity index (χ0n) is 12.0. The van der Waals surface area contributed by atoms with Gasteiger partial charge < -0.3 is 10.1 Å². The minimum Gasteiger partial charge on any atom is -0.496 e. The first kappa shape index (κ1) is 15.1. The Labute approximate surface area is 141 Å². The van der Waals surface area contributed by atoms with E-state index in [0.717, 1.165) is 32.3 Å². The maximum atomic E-state index is 5.35. The second-order valence-electron chi connectivity index (χ2n) is 4.65. The molecule has 7 heteroatoms. The van der Waals surface area contributed by atoms with E-state index < -0.39 is 0 Å². The molecule has 0 saturated heterocycles. The van der Waals surface area contributed by atoms with Gasteiger partial charge in [0, 0.05) is 29.4 Å². The molecule has 2 aromatic heterocycles. The number of ether oxygens (including phenoxy) is 1. The van der Waals surface area contributed by atoms with E-state index in [2.05, 4.69) is 31.3 Å². The van der Waals surface area contributed by atoms with Crippen molar-refractivity contribution in [2.45, 2.75) is 13.1 Å². The van der Waals surface area contributed by atoms with Gasteiger partial charge in [0.2, 0.25) is 0 Å². The van der Waals surface area contributed by atoms with Crippen LogP contribution >= 0.6 is 27.3 Å². The lowest BCUT2D eigenvalue weighted by molar-refractivity contribution is 0.410. The van der Waals surface area contributed by atoms with Gasteiger partial charge in [-0.3, -0.25) is 4.68 Å². The molecule has 0 fully saturated rings. The quantitative estimate of drug-likeness (QED) is 0.709. The zero-order chi connectivity index (χ0) is 15.4. The van der Waals surface area contributed by atoms with Crippen molar-refractivity contribution in [2.75, 3.05) is 12.4 Å². The Bertz CT molecular complexity index is 755. The van der Waals surface area contributed by atoms with Crippen LogP contribution in [0.3, 0.4) is 0 Å². The maximum Gasteiger partial charge on any atom is 0.183 e. The Morgan fingerprint density at radius 2 is 2.18 bits per heavy atom. The van der Waals surface area contributed by atoms with Crippen molar-refractivity contribution in [3.05, 3.63) is 57.8 Å².